The highest BCUT2D eigenvalue weighted by molar-refractivity contribution is 5.97. The van der Waals surface area contributed by atoms with Gasteiger partial charge in [0.1, 0.15) is 0 Å². The van der Waals surface area contributed by atoms with Crippen LogP contribution in [0.15, 0.2) is 78.9 Å². The fourth-order valence-corrected chi connectivity index (χ4v) is 4.29. The number of ether oxygens (including phenoxy) is 1. The van der Waals surface area contributed by atoms with Gasteiger partial charge in [-0.2, -0.15) is 13.2 Å². The minimum Gasteiger partial charge on any atom is -0.345 e. The highest BCUT2D eigenvalue weighted by Crippen LogP contribution is 2.44. The number of hydrogen-bond acceptors (Lipinski definition) is 4. The molecule has 3 aromatic rings. The van der Waals surface area contributed by atoms with E-state index in [-0.39, 0.29) is 24.6 Å². The van der Waals surface area contributed by atoms with E-state index in [2.05, 4.69) is 10.7 Å². The van der Waals surface area contributed by atoms with Gasteiger partial charge in [0.2, 0.25) is 0 Å². The number of halogens is 3. The van der Waals surface area contributed by atoms with E-state index in [1.807, 2.05) is 37.3 Å². The molecule has 0 bridgehead atoms. The van der Waals surface area contributed by atoms with Crippen LogP contribution in [0.2, 0.25) is 0 Å². The Hall–Kier alpha value is -3.20. The lowest BCUT2D eigenvalue weighted by molar-refractivity contribution is -0.184. The predicted octanol–water partition coefficient (Wildman–Crippen LogP) is 4.89. The molecular weight excluding hydrogens is 455 g/mol. The molecule has 0 aliphatic carbocycles. The Morgan fingerprint density at radius 1 is 1.00 bits per heavy atom. The topological polar surface area (TPSA) is 53.6 Å². The van der Waals surface area contributed by atoms with Gasteiger partial charge in [-0.25, -0.2) is 10.4 Å². The van der Waals surface area contributed by atoms with E-state index in [0.29, 0.717) is 17.7 Å². The monoisotopic (exact) mass is 483 g/mol. The normalized spacial score (nSPS) is 18.9. The summed E-state index contributed by atoms with van der Waals surface area (Å²) in [5.41, 5.74) is 2.25. The van der Waals surface area contributed by atoms with E-state index in [1.54, 1.807) is 31.3 Å². The Morgan fingerprint density at radius 3 is 2.37 bits per heavy atom. The zero-order valence-electron chi connectivity index (χ0n) is 19.6. The molecule has 1 aliphatic rings. The number of hydrazine groups is 1. The van der Waals surface area contributed by atoms with Crippen molar-refractivity contribution in [1.82, 2.24) is 15.8 Å². The molecular formula is C27H28F3N3O2. The van der Waals surface area contributed by atoms with Crippen LogP contribution in [0.3, 0.4) is 0 Å². The first-order valence-electron chi connectivity index (χ1n) is 11.4. The summed E-state index contributed by atoms with van der Waals surface area (Å²) in [7, 11) is 1.78. The summed E-state index contributed by atoms with van der Waals surface area (Å²) in [5.74, 6) is -0.444. The van der Waals surface area contributed by atoms with Gasteiger partial charge in [-0.3, -0.25) is 4.79 Å². The van der Waals surface area contributed by atoms with Gasteiger partial charge >= 0.3 is 6.18 Å². The second kappa shape index (κ2) is 10.2. The summed E-state index contributed by atoms with van der Waals surface area (Å²) < 4.78 is 49.1. The number of nitrogens with zero attached hydrogens (tertiary/aromatic N) is 1. The first-order valence-corrected chi connectivity index (χ1v) is 11.4. The molecule has 0 saturated heterocycles. The van der Waals surface area contributed by atoms with Crippen molar-refractivity contribution in [3.05, 3.63) is 107 Å². The number of hydrogen-bond donors (Lipinski definition) is 2. The molecule has 0 saturated carbocycles. The van der Waals surface area contributed by atoms with Crippen LogP contribution in [0.4, 0.5) is 13.2 Å². The number of alkyl halides is 3. The molecule has 1 aliphatic heterocycles. The minimum absolute atomic E-state index is 0.0161. The molecule has 0 spiro atoms. The molecule has 2 atom stereocenters. The van der Waals surface area contributed by atoms with Gasteiger partial charge in [0.15, 0.2) is 5.72 Å². The van der Waals surface area contributed by atoms with Crippen LogP contribution < -0.4 is 10.7 Å². The molecule has 4 rings (SSSR count). The van der Waals surface area contributed by atoms with Gasteiger partial charge in [0, 0.05) is 30.1 Å². The summed E-state index contributed by atoms with van der Waals surface area (Å²) in [5, 5.41) is 4.32. The van der Waals surface area contributed by atoms with Crippen LogP contribution in [-0.2, 0) is 29.7 Å². The largest absolute Gasteiger partial charge is 0.416 e. The van der Waals surface area contributed by atoms with Gasteiger partial charge in [-0.1, -0.05) is 66.7 Å². The van der Waals surface area contributed by atoms with E-state index in [1.165, 1.54) is 23.2 Å². The van der Waals surface area contributed by atoms with Crippen molar-refractivity contribution in [3.8, 4) is 0 Å². The molecule has 3 aromatic carbocycles. The van der Waals surface area contributed by atoms with Crippen LogP contribution in [0, 0.1) is 0 Å². The number of benzene rings is 3. The van der Waals surface area contributed by atoms with Crippen molar-refractivity contribution in [2.45, 2.75) is 37.9 Å². The Balaban J connectivity index is 1.90. The SMILES string of the molecule is CNC(C)CNN1C(=O)c2ccccc2C[C@@]1(OCc1ccccc1)c1ccccc1C(F)(F)F. The molecule has 2 N–H and O–H groups in total. The van der Waals surface area contributed by atoms with Crippen molar-refractivity contribution < 1.29 is 22.7 Å². The van der Waals surface area contributed by atoms with Crippen LogP contribution in [0.1, 0.15) is 39.5 Å². The molecule has 5 nitrogen and oxygen atoms in total. The summed E-state index contributed by atoms with van der Waals surface area (Å²) in [6, 6.07) is 21.4. The summed E-state index contributed by atoms with van der Waals surface area (Å²) in [6.07, 6.45) is -4.58. The van der Waals surface area contributed by atoms with Crippen LogP contribution in [0.25, 0.3) is 0 Å². The Morgan fingerprint density at radius 2 is 1.66 bits per heavy atom. The zero-order chi connectivity index (χ0) is 25.1. The molecule has 0 radical (unpaired) electrons. The first kappa shape index (κ1) is 24.9. The highest BCUT2D eigenvalue weighted by atomic mass is 19.4. The minimum atomic E-state index is -4.64. The van der Waals surface area contributed by atoms with Gasteiger partial charge in [0.25, 0.3) is 5.91 Å². The maximum Gasteiger partial charge on any atom is 0.416 e. The van der Waals surface area contributed by atoms with E-state index >= 15 is 0 Å². The van der Waals surface area contributed by atoms with Crippen molar-refractivity contribution in [2.75, 3.05) is 13.6 Å². The quantitative estimate of drug-likeness (QED) is 0.479. The zero-order valence-corrected chi connectivity index (χ0v) is 19.6. The van der Waals surface area contributed by atoms with Crippen LogP contribution in [-0.4, -0.2) is 30.6 Å². The second-order valence-corrected chi connectivity index (χ2v) is 8.63. The van der Waals surface area contributed by atoms with Crippen LogP contribution >= 0.6 is 0 Å². The Bertz CT molecular complexity index is 1170. The van der Waals surface area contributed by atoms with Crippen molar-refractivity contribution in [1.29, 1.82) is 0 Å². The first-order chi connectivity index (χ1) is 16.8. The standard InChI is InChI=1S/C27H28F3N3O2/c1-19(31-2)17-32-33-25(34)22-13-7-6-12-21(22)16-26(33,35-18-20-10-4-3-5-11-20)23-14-8-9-15-24(23)27(28,29)30/h3-15,19,31-32H,16-18H2,1-2H3/t19?,26-/m1/s1. The van der Waals surface area contributed by atoms with Crippen molar-refractivity contribution >= 4 is 5.91 Å². The summed E-state index contributed by atoms with van der Waals surface area (Å²) >= 11 is 0. The summed E-state index contributed by atoms with van der Waals surface area (Å²) in [4.78, 5) is 13.8. The Labute approximate surface area is 202 Å². The number of likely N-dealkylation sites (N-methyl/N-ethyl adjacent to an activating group) is 1. The molecule has 8 heteroatoms. The lowest BCUT2D eigenvalue weighted by Crippen LogP contribution is -2.63. The third-order valence-electron chi connectivity index (χ3n) is 6.26. The van der Waals surface area contributed by atoms with Gasteiger partial charge in [-0.15, -0.1) is 0 Å². The van der Waals surface area contributed by atoms with Crippen molar-refractivity contribution in [3.63, 3.8) is 0 Å². The molecule has 1 unspecified atom stereocenters. The average molecular weight is 484 g/mol. The molecule has 0 aromatic heterocycles. The van der Waals surface area contributed by atoms with E-state index in [9.17, 15) is 18.0 Å². The average Bonchev–Trinajstić information content (AvgIpc) is 2.87. The fraction of sp³-hybridized carbons (Fsp3) is 0.296. The number of carbonyl (C=O) groups is 1. The van der Waals surface area contributed by atoms with Crippen LogP contribution in [0.5, 0.6) is 0 Å². The third kappa shape index (κ3) is 5.10. The molecule has 35 heavy (non-hydrogen) atoms. The number of fused-ring (bicyclic) bond motifs is 1. The smallest absolute Gasteiger partial charge is 0.345 e. The fourth-order valence-electron chi connectivity index (χ4n) is 4.29. The lowest BCUT2D eigenvalue weighted by Gasteiger charge is -2.48. The maximum atomic E-state index is 14.2. The Kier molecular flexibility index (Phi) is 7.25. The van der Waals surface area contributed by atoms with E-state index < -0.39 is 23.4 Å². The molecule has 1 amide bonds. The van der Waals surface area contributed by atoms with Gasteiger partial charge in [0.05, 0.1) is 12.2 Å². The van der Waals surface area contributed by atoms with Crippen molar-refractivity contribution in [2.24, 2.45) is 0 Å². The molecule has 1 heterocycles. The number of nitrogens with one attached hydrogen (secondary N) is 2. The second-order valence-electron chi connectivity index (χ2n) is 8.63. The number of rotatable bonds is 8. The van der Waals surface area contributed by atoms with Gasteiger partial charge < -0.3 is 10.1 Å². The molecule has 0 fully saturated rings. The lowest BCUT2D eigenvalue weighted by atomic mass is 9.84. The van der Waals surface area contributed by atoms with Gasteiger partial charge in [-0.05, 0) is 37.2 Å². The molecule has 184 valence electrons. The predicted molar refractivity (Wildman–Crippen MR) is 127 cm³/mol. The summed E-state index contributed by atoms with van der Waals surface area (Å²) in [6.45, 7) is 2.23. The maximum absolute atomic E-state index is 14.2. The van der Waals surface area contributed by atoms with E-state index in [0.717, 1.165) is 11.6 Å². The third-order valence-corrected chi connectivity index (χ3v) is 6.26. The highest BCUT2D eigenvalue weighted by Gasteiger charge is 2.51. The van der Waals surface area contributed by atoms with E-state index in [4.69, 9.17) is 4.74 Å². The number of carbonyl (C=O) groups excluding carboxylic acids is 1. The number of amides is 1.